The summed E-state index contributed by atoms with van der Waals surface area (Å²) in [6.45, 7) is 4.02. The molecule has 1 amide bonds. The maximum absolute atomic E-state index is 12.1. The number of carbonyl (C=O) groups is 1. The van der Waals surface area contributed by atoms with E-state index in [1.54, 1.807) is 0 Å². The first kappa shape index (κ1) is 16.3. The van der Waals surface area contributed by atoms with E-state index in [0.29, 0.717) is 11.6 Å². The summed E-state index contributed by atoms with van der Waals surface area (Å²) in [7, 11) is 0. The van der Waals surface area contributed by atoms with E-state index in [0.717, 1.165) is 63.4 Å². The highest BCUT2D eigenvalue weighted by Crippen LogP contribution is 2.26. The topological polar surface area (TPSA) is 61.0 Å². The number of nitrogens with one attached hydrogen (secondary N) is 2. The van der Waals surface area contributed by atoms with Crippen LogP contribution in [-0.4, -0.2) is 47.0 Å². The lowest BCUT2D eigenvalue weighted by molar-refractivity contribution is 0.0951. The lowest BCUT2D eigenvalue weighted by Gasteiger charge is -2.31. The van der Waals surface area contributed by atoms with Crippen LogP contribution in [0, 0.1) is 0 Å². The summed E-state index contributed by atoms with van der Waals surface area (Å²) in [6.07, 6.45) is 5.32. The second-order valence-electron chi connectivity index (χ2n) is 7.18. The molecule has 2 aliphatic rings. The van der Waals surface area contributed by atoms with Crippen molar-refractivity contribution in [2.24, 2.45) is 0 Å². The van der Waals surface area contributed by atoms with E-state index >= 15 is 0 Å². The predicted octanol–water partition coefficient (Wildman–Crippen LogP) is 2.51. The molecule has 4 rings (SSSR count). The van der Waals surface area contributed by atoms with E-state index in [1.165, 1.54) is 12.0 Å². The molecule has 5 nitrogen and oxygen atoms in total. The second kappa shape index (κ2) is 7.40. The highest BCUT2D eigenvalue weighted by molar-refractivity contribution is 5.93. The molecule has 0 saturated carbocycles. The lowest BCUT2D eigenvalue weighted by Crippen LogP contribution is -2.36. The van der Waals surface area contributed by atoms with Crippen LogP contribution in [-0.2, 0) is 12.8 Å². The number of aromatic nitrogens is 2. The lowest BCUT2D eigenvalue weighted by atomic mass is 9.97. The van der Waals surface area contributed by atoms with Gasteiger partial charge in [-0.3, -0.25) is 4.79 Å². The van der Waals surface area contributed by atoms with Gasteiger partial charge in [0, 0.05) is 31.2 Å². The molecule has 0 unspecified atom stereocenters. The zero-order valence-corrected chi connectivity index (χ0v) is 14.6. The molecule has 2 N–H and O–H groups in total. The number of hydrogen-bond donors (Lipinski definition) is 2. The van der Waals surface area contributed by atoms with Gasteiger partial charge in [-0.25, -0.2) is 4.98 Å². The number of likely N-dealkylation sites (tertiary alicyclic amines) is 1. The minimum atomic E-state index is -0.0215. The van der Waals surface area contributed by atoms with Crippen molar-refractivity contribution < 1.29 is 4.79 Å². The Kier molecular flexibility index (Phi) is 4.83. The van der Waals surface area contributed by atoms with Gasteiger partial charge < -0.3 is 15.2 Å². The maximum atomic E-state index is 12.1. The van der Waals surface area contributed by atoms with Crippen LogP contribution in [0.1, 0.15) is 52.8 Å². The van der Waals surface area contributed by atoms with Crippen LogP contribution in [0.5, 0.6) is 0 Å². The van der Waals surface area contributed by atoms with Gasteiger partial charge in [0.1, 0.15) is 11.5 Å². The van der Waals surface area contributed by atoms with Crippen molar-refractivity contribution in [1.82, 2.24) is 20.2 Å². The first-order chi connectivity index (χ1) is 12.3. The molecule has 0 radical (unpaired) electrons. The third-order valence-electron chi connectivity index (χ3n) is 5.35. The molecule has 1 fully saturated rings. The number of aryl methyl sites for hydroxylation is 1. The quantitative estimate of drug-likeness (QED) is 0.900. The number of H-pyrrole nitrogens is 1. The van der Waals surface area contributed by atoms with Crippen LogP contribution in [0.3, 0.4) is 0 Å². The Balaban J connectivity index is 1.41. The number of benzene rings is 1. The Hall–Kier alpha value is -2.14. The Morgan fingerprint density at radius 2 is 2.08 bits per heavy atom. The molecule has 5 heteroatoms. The molecular formula is C20H26N4O. The van der Waals surface area contributed by atoms with E-state index in [2.05, 4.69) is 50.5 Å². The maximum Gasteiger partial charge on any atom is 0.271 e. The summed E-state index contributed by atoms with van der Waals surface area (Å²) in [4.78, 5) is 22.8. The number of aromatic amines is 1. The molecule has 1 aromatic heterocycles. The third kappa shape index (κ3) is 3.76. The normalized spacial score (nSPS) is 21.4. The molecule has 2 aliphatic heterocycles. The number of amides is 1. The molecule has 1 saturated heterocycles. The van der Waals surface area contributed by atoms with Crippen molar-refractivity contribution in [2.75, 3.05) is 26.2 Å². The van der Waals surface area contributed by atoms with Crippen molar-refractivity contribution in [3.63, 3.8) is 0 Å². The van der Waals surface area contributed by atoms with Crippen LogP contribution in [0.2, 0.25) is 0 Å². The van der Waals surface area contributed by atoms with Crippen LogP contribution in [0.25, 0.3) is 0 Å². The fourth-order valence-electron chi connectivity index (χ4n) is 3.96. The fraction of sp³-hybridized carbons (Fsp3) is 0.500. The largest absolute Gasteiger partial charge is 0.351 e. The smallest absolute Gasteiger partial charge is 0.271 e. The molecule has 3 heterocycles. The van der Waals surface area contributed by atoms with Gasteiger partial charge in [-0.2, -0.15) is 0 Å². The molecule has 25 heavy (non-hydrogen) atoms. The van der Waals surface area contributed by atoms with Crippen molar-refractivity contribution in [3.05, 3.63) is 53.1 Å². The number of hydrogen-bond acceptors (Lipinski definition) is 3. The molecule has 1 aromatic carbocycles. The number of piperidine rings is 1. The molecule has 132 valence electrons. The van der Waals surface area contributed by atoms with Crippen LogP contribution in [0.15, 0.2) is 30.3 Å². The standard InChI is InChI=1S/C20H26N4O/c25-20-18-17(9-4-11-21-20)22-19(23-18)16-8-5-12-24(14-16)13-10-15-6-2-1-3-7-15/h1-3,6-7,16H,4-5,8-14H2,(H,21,25)(H,22,23)/t16-/m0/s1. The van der Waals surface area contributed by atoms with Gasteiger partial charge in [-0.15, -0.1) is 0 Å². The minimum Gasteiger partial charge on any atom is -0.351 e. The van der Waals surface area contributed by atoms with Gasteiger partial charge in [0.15, 0.2) is 0 Å². The van der Waals surface area contributed by atoms with Gasteiger partial charge in [0.05, 0.1) is 0 Å². The summed E-state index contributed by atoms with van der Waals surface area (Å²) in [5.74, 6) is 1.39. The third-order valence-corrected chi connectivity index (χ3v) is 5.35. The molecule has 0 spiro atoms. The van der Waals surface area contributed by atoms with Gasteiger partial charge in [0.2, 0.25) is 0 Å². The monoisotopic (exact) mass is 338 g/mol. The van der Waals surface area contributed by atoms with Gasteiger partial charge in [-0.1, -0.05) is 30.3 Å². The van der Waals surface area contributed by atoms with E-state index < -0.39 is 0 Å². The average Bonchev–Trinajstić information content (AvgIpc) is 3.01. The Morgan fingerprint density at radius 3 is 2.96 bits per heavy atom. The Bertz CT molecular complexity index is 725. The van der Waals surface area contributed by atoms with Crippen LogP contribution >= 0.6 is 0 Å². The van der Waals surface area contributed by atoms with Crippen molar-refractivity contribution in [1.29, 1.82) is 0 Å². The van der Waals surface area contributed by atoms with Gasteiger partial charge in [-0.05, 0) is 44.2 Å². The van der Waals surface area contributed by atoms with E-state index in [-0.39, 0.29) is 5.91 Å². The summed E-state index contributed by atoms with van der Waals surface area (Å²) in [5.41, 5.74) is 3.03. The first-order valence-corrected chi connectivity index (χ1v) is 9.43. The average molecular weight is 338 g/mol. The molecule has 0 bridgehead atoms. The van der Waals surface area contributed by atoms with E-state index in [1.807, 2.05) is 0 Å². The van der Waals surface area contributed by atoms with Crippen molar-refractivity contribution in [3.8, 4) is 0 Å². The van der Waals surface area contributed by atoms with Gasteiger partial charge >= 0.3 is 0 Å². The van der Waals surface area contributed by atoms with Crippen molar-refractivity contribution >= 4 is 5.91 Å². The SMILES string of the molecule is O=C1NCCCc2[nH]c([C@H]3CCCN(CCc4ccccc4)C3)nc21. The number of rotatable bonds is 4. The van der Waals surface area contributed by atoms with E-state index in [4.69, 9.17) is 0 Å². The summed E-state index contributed by atoms with van der Waals surface area (Å²) >= 11 is 0. The van der Waals surface area contributed by atoms with E-state index in [9.17, 15) is 4.79 Å². The molecule has 2 aromatic rings. The number of fused-ring (bicyclic) bond motifs is 1. The summed E-state index contributed by atoms with van der Waals surface area (Å²) < 4.78 is 0. The summed E-state index contributed by atoms with van der Waals surface area (Å²) in [6, 6.07) is 10.7. The zero-order valence-electron chi connectivity index (χ0n) is 14.6. The van der Waals surface area contributed by atoms with Crippen LogP contribution in [0.4, 0.5) is 0 Å². The van der Waals surface area contributed by atoms with Gasteiger partial charge in [0.25, 0.3) is 5.91 Å². The number of carbonyl (C=O) groups excluding carboxylic acids is 1. The van der Waals surface area contributed by atoms with Crippen LogP contribution < -0.4 is 5.32 Å². The number of imidazole rings is 1. The number of nitrogens with zero attached hydrogens (tertiary/aromatic N) is 2. The Labute approximate surface area is 148 Å². The zero-order chi connectivity index (χ0) is 17.1. The fourth-order valence-corrected chi connectivity index (χ4v) is 3.96. The second-order valence-corrected chi connectivity index (χ2v) is 7.18. The first-order valence-electron chi connectivity index (χ1n) is 9.43. The highest BCUT2D eigenvalue weighted by Gasteiger charge is 2.27. The highest BCUT2D eigenvalue weighted by atomic mass is 16.1. The molecule has 0 aliphatic carbocycles. The van der Waals surface area contributed by atoms with Crippen molar-refractivity contribution in [2.45, 2.75) is 38.0 Å². The predicted molar refractivity (Wildman–Crippen MR) is 97.8 cm³/mol. The minimum absolute atomic E-state index is 0.0215. The molecular weight excluding hydrogens is 312 g/mol. The Morgan fingerprint density at radius 1 is 1.20 bits per heavy atom. The summed E-state index contributed by atoms with van der Waals surface area (Å²) in [5, 5.41) is 2.93. The molecule has 1 atom stereocenters.